The van der Waals surface area contributed by atoms with Crippen LogP contribution in [0.5, 0.6) is 0 Å². The average molecular weight is 387 g/mol. The quantitative estimate of drug-likeness (QED) is 0.460. The summed E-state index contributed by atoms with van der Waals surface area (Å²) in [6, 6.07) is 10.4. The molecule has 1 aromatic carbocycles. The van der Waals surface area contributed by atoms with Gasteiger partial charge in [0.15, 0.2) is 0 Å². The summed E-state index contributed by atoms with van der Waals surface area (Å²) >= 11 is 1.44. The van der Waals surface area contributed by atoms with Crippen molar-refractivity contribution >= 4 is 23.4 Å². The molecule has 1 fully saturated rings. The Balaban J connectivity index is 1.48. The molecule has 1 aromatic heterocycles. The van der Waals surface area contributed by atoms with Gasteiger partial charge < -0.3 is 9.80 Å². The van der Waals surface area contributed by atoms with E-state index in [0.717, 1.165) is 37.6 Å². The first kappa shape index (κ1) is 19.3. The van der Waals surface area contributed by atoms with Gasteiger partial charge in [0.05, 0.1) is 36.4 Å². The summed E-state index contributed by atoms with van der Waals surface area (Å²) in [4.78, 5) is 31.3. The summed E-state index contributed by atoms with van der Waals surface area (Å²) < 4.78 is 0. The molecule has 0 saturated carbocycles. The fourth-order valence-corrected chi connectivity index (χ4v) is 4.12. The van der Waals surface area contributed by atoms with Crippen LogP contribution in [-0.2, 0) is 11.3 Å². The second-order valence-corrected chi connectivity index (χ2v) is 8.03. The first-order valence-electron chi connectivity index (χ1n) is 8.95. The molecule has 2 aromatic rings. The normalized spacial score (nSPS) is 16.1. The van der Waals surface area contributed by atoms with Crippen molar-refractivity contribution in [2.45, 2.75) is 23.6 Å². The number of carbonyl (C=O) groups excluding carboxylic acids is 1. The number of hydrogen-bond acceptors (Lipinski definition) is 5. The highest BCUT2D eigenvalue weighted by Crippen LogP contribution is 2.26. The number of nitro groups is 1. The van der Waals surface area contributed by atoms with Crippen LogP contribution in [0.3, 0.4) is 0 Å². The third-order valence-corrected chi connectivity index (χ3v) is 5.79. The number of nitro benzene ring substituents is 1. The van der Waals surface area contributed by atoms with Gasteiger partial charge in [0.2, 0.25) is 5.91 Å². The molecule has 1 saturated heterocycles. The van der Waals surface area contributed by atoms with Crippen LogP contribution in [0.15, 0.2) is 53.7 Å². The van der Waals surface area contributed by atoms with Gasteiger partial charge in [-0.1, -0.05) is 0 Å². The number of pyridine rings is 1. The fourth-order valence-electron chi connectivity index (χ4n) is 3.17. The van der Waals surface area contributed by atoms with Gasteiger partial charge in [0, 0.05) is 35.0 Å². The predicted octanol–water partition coefficient (Wildman–Crippen LogP) is 1.40. The Morgan fingerprint density at radius 2 is 1.85 bits per heavy atom. The second kappa shape index (κ2) is 8.96. The number of aromatic nitrogens is 1. The lowest BCUT2D eigenvalue weighted by Crippen LogP contribution is -3.13. The SMILES string of the molecule is C[C@H](Sc1ccc([N+](=O)[O-])cc1)C(=O)N1CC[NH+](Cc2ccncc2)CC1. The smallest absolute Gasteiger partial charge is 0.269 e. The number of non-ortho nitro benzene ring substituents is 1. The number of nitrogens with zero attached hydrogens (tertiary/aromatic N) is 3. The van der Waals surface area contributed by atoms with Crippen LogP contribution in [0.4, 0.5) is 5.69 Å². The van der Waals surface area contributed by atoms with Crippen LogP contribution in [0.25, 0.3) is 0 Å². The Hall–Kier alpha value is -2.45. The van der Waals surface area contributed by atoms with E-state index in [9.17, 15) is 14.9 Å². The number of hydrogen-bond donors (Lipinski definition) is 1. The van der Waals surface area contributed by atoms with Crippen LogP contribution in [-0.4, -0.2) is 52.1 Å². The van der Waals surface area contributed by atoms with Crippen LogP contribution in [0.1, 0.15) is 12.5 Å². The molecule has 2 heterocycles. The van der Waals surface area contributed by atoms with E-state index in [4.69, 9.17) is 0 Å². The van der Waals surface area contributed by atoms with E-state index < -0.39 is 4.92 Å². The monoisotopic (exact) mass is 387 g/mol. The zero-order valence-corrected chi connectivity index (χ0v) is 16.0. The lowest BCUT2D eigenvalue weighted by Gasteiger charge is -2.33. The maximum absolute atomic E-state index is 12.7. The number of nitrogens with one attached hydrogen (secondary N) is 1. The molecule has 0 bridgehead atoms. The molecule has 142 valence electrons. The zero-order chi connectivity index (χ0) is 19.2. The fraction of sp³-hybridized carbons (Fsp3) is 0.368. The largest absolute Gasteiger partial charge is 0.330 e. The number of quaternary nitrogens is 1. The van der Waals surface area contributed by atoms with E-state index in [-0.39, 0.29) is 16.8 Å². The van der Waals surface area contributed by atoms with Crippen molar-refractivity contribution in [2.24, 2.45) is 0 Å². The summed E-state index contributed by atoms with van der Waals surface area (Å²) in [5.74, 6) is 0.126. The Morgan fingerprint density at radius 1 is 1.22 bits per heavy atom. The van der Waals surface area contributed by atoms with Gasteiger partial charge in [0.1, 0.15) is 6.54 Å². The molecule has 8 heteroatoms. The standard InChI is InChI=1S/C19H22N4O3S/c1-15(27-18-4-2-17(3-5-18)23(25)26)19(24)22-12-10-21(11-13-22)14-16-6-8-20-9-7-16/h2-9,15H,10-14H2,1H3/p+1/t15-/m0/s1. The number of amides is 1. The Kier molecular flexibility index (Phi) is 6.41. The lowest BCUT2D eigenvalue weighted by molar-refractivity contribution is -0.917. The zero-order valence-electron chi connectivity index (χ0n) is 15.2. The number of carbonyl (C=O) groups is 1. The summed E-state index contributed by atoms with van der Waals surface area (Å²) in [5, 5.41) is 10.5. The highest BCUT2D eigenvalue weighted by atomic mass is 32.2. The summed E-state index contributed by atoms with van der Waals surface area (Å²) in [6.07, 6.45) is 3.62. The topological polar surface area (TPSA) is 80.8 Å². The van der Waals surface area contributed by atoms with Crippen molar-refractivity contribution in [3.05, 3.63) is 64.5 Å². The van der Waals surface area contributed by atoms with E-state index in [1.54, 1.807) is 12.1 Å². The van der Waals surface area contributed by atoms with E-state index >= 15 is 0 Å². The second-order valence-electron chi connectivity index (χ2n) is 6.62. The molecule has 1 aliphatic rings. The van der Waals surface area contributed by atoms with Gasteiger partial charge in [-0.2, -0.15) is 0 Å². The van der Waals surface area contributed by atoms with Crippen LogP contribution in [0, 0.1) is 10.1 Å². The third kappa shape index (κ3) is 5.27. The number of piperazine rings is 1. The number of rotatable bonds is 6. The summed E-state index contributed by atoms with van der Waals surface area (Å²) in [5.41, 5.74) is 1.33. The molecular formula is C19H23N4O3S+. The van der Waals surface area contributed by atoms with Gasteiger partial charge >= 0.3 is 0 Å². The predicted molar refractivity (Wildman–Crippen MR) is 104 cm³/mol. The van der Waals surface area contributed by atoms with Crippen molar-refractivity contribution in [3.8, 4) is 0 Å². The molecule has 0 aliphatic carbocycles. The first-order chi connectivity index (χ1) is 13.0. The molecule has 0 radical (unpaired) electrons. The van der Waals surface area contributed by atoms with Crippen molar-refractivity contribution in [1.29, 1.82) is 0 Å². The molecule has 1 aliphatic heterocycles. The molecule has 3 rings (SSSR count). The molecule has 0 unspecified atom stereocenters. The van der Waals surface area contributed by atoms with Gasteiger partial charge in [-0.15, -0.1) is 11.8 Å². The Morgan fingerprint density at radius 3 is 2.44 bits per heavy atom. The van der Waals surface area contributed by atoms with Crippen molar-refractivity contribution in [1.82, 2.24) is 9.88 Å². The Bertz CT molecular complexity index is 777. The van der Waals surface area contributed by atoms with Gasteiger partial charge in [-0.05, 0) is 31.2 Å². The maximum Gasteiger partial charge on any atom is 0.269 e. The number of benzene rings is 1. The van der Waals surface area contributed by atoms with E-state index in [1.165, 1.54) is 34.4 Å². The van der Waals surface area contributed by atoms with Gasteiger partial charge in [-0.25, -0.2) is 0 Å². The minimum atomic E-state index is -0.420. The first-order valence-corrected chi connectivity index (χ1v) is 9.83. The molecule has 1 amide bonds. The van der Waals surface area contributed by atoms with E-state index in [2.05, 4.69) is 4.98 Å². The molecule has 1 N–H and O–H groups in total. The molecule has 1 atom stereocenters. The lowest BCUT2D eigenvalue weighted by atomic mass is 10.2. The van der Waals surface area contributed by atoms with Gasteiger partial charge in [-0.3, -0.25) is 19.9 Å². The molecule has 7 nitrogen and oxygen atoms in total. The minimum Gasteiger partial charge on any atom is -0.330 e. The Labute approximate surface area is 162 Å². The van der Waals surface area contributed by atoms with Crippen molar-refractivity contribution in [3.63, 3.8) is 0 Å². The van der Waals surface area contributed by atoms with Crippen LogP contribution in [0.2, 0.25) is 0 Å². The minimum absolute atomic E-state index is 0.0617. The average Bonchev–Trinajstić information content (AvgIpc) is 2.69. The third-order valence-electron chi connectivity index (χ3n) is 4.69. The van der Waals surface area contributed by atoms with Crippen LogP contribution >= 0.6 is 11.8 Å². The van der Waals surface area contributed by atoms with Crippen molar-refractivity contribution < 1.29 is 14.6 Å². The highest BCUT2D eigenvalue weighted by molar-refractivity contribution is 8.00. The maximum atomic E-state index is 12.7. The van der Waals surface area contributed by atoms with Crippen molar-refractivity contribution in [2.75, 3.05) is 26.2 Å². The molecular weight excluding hydrogens is 364 g/mol. The van der Waals surface area contributed by atoms with E-state index in [1.807, 2.05) is 36.4 Å². The van der Waals surface area contributed by atoms with Crippen LogP contribution < -0.4 is 4.90 Å². The molecule has 27 heavy (non-hydrogen) atoms. The van der Waals surface area contributed by atoms with Gasteiger partial charge in [0.25, 0.3) is 5.69 Å². The summed E-state index contributed by atoms with van der Waals surface area (Å²) in [6.45, 7) is 6.23. The molecule has 0 spiro atoms. The van der Waals surface area contributed by atoms with E-state index in [0.29, 0.717) is 0 Å². The highest BCUT2D eigenvalue weighted by Gasteiger charge is 2.27. The summed E-state index contributed by atoms with van der Waals surface area (Å²) in [7, 11) is 0. The number of thioether (sulfide) groups is 1.